The Bertz CT molecular complexity index is 413. The van der Waals surface area contributed by atoms with E-state index < -0.39 is 0 Å². The first-order valence-electron chi connectivity index (χ1n) is 6.64. The molecular weight excluding hydrogens is 226 g/mol. The van der Waals surface area contributed by atoms with Crippen LogP contribution in [-0.4, -0.2) is 18.1 Å². The first kappa shape index (κ1) is 12.9. The minimum absolute atomic E-state index is 0.0805. The fourth-order valence-electron chi connectivity index (χ4n) is 2.36. The molecule has 3 heteroatoms. The van der Waals surface area contributed by atoms with Gasteiger partial charge in [0, 0.05) is 12.0 Å². The number of rotatable bonds is 5. The van der Waals surface area contributed by atoms with Crippen molar-refractivity contribution in [1.82, 2.24) is 5.32 Å². The smallest absolute Gasteiger partial charge is 0.220 e. The van der Waals surface area contributed by atoms with E-state index in [1.807, 2.05) is 12.1 Å². The molecule has 0 aromatic heterocycles. The van der Waals surface area contributed by atoms with E-state index in [0.29, 0.717) is 6.42 Å². The molecule has 0 aliphatic carbocycles. The van der Waals surface area contributed by atoms with Gasteiger partial charge in [-0.1, -0.05) is 19.1 Å². The Morgan fingerprint density at radius 3 is 2.61 bits per heavy atom. The number of carbonyl (C=O) groups excluding carboxylic acids is 1. The minimum atomic E-state index is -0.0805. The summed E-state index contributed by atoms with van der Waals surface area (Å²) in [5.41, 5.74) is 1.16. The van der Waals surface area contributed by atoms with Crippen molar-refractivity contribution in [3.05, 3.63) is 29.8 Å². The molecule has 1 fully saturated rings. The number of ether oxygens (including phenoxy) is 1. The molecule has 1 aliphatic heterocycles. The number of hydrogen-bond donors (Lipinski definition) is 1. The van der Waals surface area contributed by atoms with E-state index >= 15 is 0 Å². The zero-order chi connectivity index (χ0) is 13.0. The maximum Gasteiger partial charge on any atom is 0.220 e. The molecule has 1 saturated heterocycles. The lowest BCUT2D eigenvalue weighted by atomic mass is 9.91. The van der Waals surface area contributed by atoms with E-state index in [9.17, 15) is 4.79 Å². The van der Waals surface area contributed by atoms with Crippen LogP contribution in [0.5, 0.6) is 5.75 Å². The number of amides is 1. The topological polar surface area (TPSA) is 38.3 Å². The first-order valence-corrected chi connectivity index (χ1v) is 6.64. The number of benzene rings is 1. The van der Waals surface area contributed by atoms with E-state index in [-0.39, 0.29) is 11.4 Å². The zero-order valence-electron chi connectivity index (χ0n) is 11.2. The van der Waals surface area contributed by atoms with Gasteiger partial charge in [-0.05, 0) is 43.9 Å². The molecule has 1 unspecified atom stereocenters. The molecule has 1 heterocycles. The summed E-state index contributed by atoms with van der Waals surface area (Å²) in [6.07, 6.45) is 3.47. The predicted molar refractivity (Wildman–Crippen MR) is 71.7 cm³/mol. The van der Waals surface area contributed by atoms with Crippen LogP contribution in [0.1, 0.15) is 38.7 Å². The summed E-state index contributed by atoms with van der Waals surface area (Å²) in [7, 11) is 0. The standard InChI is InChI=1S/C15H21NO2/c1-3-10-18-13-6-4-12(5-7-13)11-15(2)9-8-14(17)16-15/h4-7H,3,8-11H2,1-2H3,(H,16,17). The van der Waals surface area contributed by atoms with Gasteiger partial charge in [-0.2, -0.15) is 0 Å². The highest BCUT2D eigenvalue weighted by molar-refractivity contribution is 5.79. The van der Waals surface area contributed by atoms with Gasteiger partial charge >= 0.3 is 0 Å². The van der Waals surface area contributed by atoms with Crippen LogP contribution < -0.4 is 10.1 Å². The Morgan fingerprint density at radius 1 is 1.33 bits per heavy atom. The number of hydrogen-bond acceptors (Lipinski definition) is 2. The molecule has 1 amide bonds. The van der Waals surface area contributed by atoms with Gasteiger partial charge in [0.05, 0.1) is 6.61 Å². The Morgan fingerprint density at radius 2 is 2.06 bits per heavy atom. The van der Waals surface area contributed by atoms with Crippen LogP contribution in [0, 0.1) is 0 Å². The average Bonchev–Trinajstić information content (AvgIpc) is 2.68. The van der Waals surface area contributed by atoms with Crippen LogP contribution in [0.25, 0.3) is 0 Å². The monoisotopic (exact) mass is 247 g/mol. The van der Waals surface area contributed by atoms with Crippen molar-refractivity contribution in [2.75, 3.05) is 6.61 Å². The van der Waals surface area contributed by atoms with Crippen LogP contribution in [0.4, 0.5) is 0 Å². The molecule has 98 valence electrons. The van der Waals surface area contributed by atoms with Crippen molar-refractivity contribution in [2.45, 2.75) is 45.1 Å². The van der Waals surface area contributed by atoms with Crippen molar-refractivity contribution in [2.24, 2.45) is 0 Å². The van der Waals surface area contributed by atoms with Gasteiger partial charge in [0.2, 0.25) is 5.91 Å². The normalized spacial score (nSPS) is 22.9. The zero-order valence-corrected chi connectivity index (χ0v) is 11.2. The Hall–Kier alpha value is -1.51. The van der Waals surface area contributed by atoms with Crippen molar-refractivity contribution in [3.8, 4) is 5.75 Å². The lowest BCUT2D eigenvalue weighted by Crippen LogP contribution is -2.40. The van der Waals surface area contributed by atoms with E-state index in [1.54, 1.807) is 0 Å². The lowest BCUT2D eigenvalue weighted by Gasteiger charge is -2.24. The molecule has 1 aliphatic rings. The average molecular weight is 247 g/mol. The van der Waals surface area contributed by atoms with Crippen LogP contribution in [-0.2, 0) is 11.2 Å². The molecule has 0 saturated carbocycles. The van der Waals surface area contributed by atoms with E-state index in [0.717, 1.165) is 31.6 Å². The Balaban J connectivity index is 1.95. The molecule has 1 atom stereocenters. The van der Waals surface area contributed by atoms with Gasteiger partial charge in [0.15, 0.2) is 0 Å². The molecule has 0 spiro atoms. The summed E-state index contributed by atoms with van der Waals surface area (Å²) in [5.74, 6) is 1.08. The number of carbonyl (C=O) groups is 1. The second kappa shape index (κ2) is 5.42. The molecule has 0 radical (unpaired) electrons. The molecular formula is C15H21NO2. The Kier molecular flexibility index (Phi) is 3.90. The summed E-state index contributed by atoms with van der Waals surface area (Å²) in [6.45, 7) is 4.96. The van der Waals surface area contributed by atoms with E-state index in [1.165, 1.54) is 5.56 Å². The molecule has 0 bridgehead atoms. The largest absolute Gasteiger partial charge is 0.494 e. The molecule has 1 N–H and O–H groups in total. The maximum absolute atomic E-state index is 11.3. The fraction of sp³-hybridized carbons (Fsp3) is 0.533. The quantitative estimate of drug-likeness (QED) is 0.868. The van der Waals surface area contributed by atoms with Gasteiger partial charge in [-0.15, -0.1) is 0 Å². The van der Waals surface area contributed by atoms with Crippen molar-refractivity contribution in [3.63, 3.8) is 0 Å². The minimum Gasteiger partial charge on any atom is -0.494 e. The van der Waals surface area contributed by atoms with Crippen LogP contribution in [0.15, 0.2) is 24.3 Å². The van der Waals surface area contributed by atoms with Crippen LogP contribution in [0.2, 0.25) is 0 Å². The summed E-state index contributed by atoms with van der Waals surface area (Å²) in [4.78, 5) is 11.3. The van der Waals surface area contributed by atoms with Crippen molar-refractivity contribution in [1.29, 1.82) is 0 Å². The number of nitrogens with one attached hydrogen (secondary N) is 1. The molecule has 2 rings (SSSR count). The molecule has 1 aromatic carbocycles. The van der Waals surface area contributed by atoms with Gasteiger partial charge in [-0.25, -0.2) is 0 Å². The predicted octanol–water partition coefficient (Wildman–Crippen LogP) is 2.69. The third-order valence-corrected chi connectivity index (χ3v) is 3.34. The Labute approximate surface area is 109 Å². The van der Waals surface area contributed by atoms with Crippen molar-refractivity contribution < 1.29 is 9.53 Å². The highest BCUT2D eigenvalue weighted by Crippen LogP contribution is 2.25. The third-order valence-electron chi connectivity index (χ3n) is 3.34. The molecule has 3 nitrogen and oxygen atoms in total. The summed E-state index contributed by atoms with van der Waals surface area (Å²) in [5, 5.41) is 3.06. The fourth-order valence-corrected chi connectivity index (χ4v) is 2.36. The molecule has 1 aromatic rings. The SMILES string of the molecule is CCCOc1ccc(CC2(C)CCC(=O)N2)cc1. The molecule has 18 heavy (non-hydrogen) atoms. The first-order chi connectivity index (χ1) is 8.61. The van der Waals surface area contributed by atoms with Gasteiger partial charge in [0.25, 0.3) is 0 Å². The van der Waals surface area contributed by atoms with E-state index in [4.69, 9.17) is 4.74 Å². The second-order valence-corrected chi connectivity index (χ2v) is 5.28. The summed E-state index contributed by atoms with van der Waals surface area (Å²) < 4.78 is 5.55. The lowest BCUT2D eigenvalue weighted by molar-refractivity contribution is -0.119. The van der Waals surface area contributed by atoms with Crippen LogP contribution in [0.3, 0.4) is 0 Å². The van der Waals surface area contributed by atoms with Crippen LogP contribution >= 0.6 is 0 Å². The second-order valence-electron chi connectivity index (χ2n) is 5.28. The third kappa shape index (κ3) is 3.25. The van der Waals surface area contributed by atoms with Crippen molar-refractivity contribution >= 4 is 5.91 Å². The summed E-state index contributed by atoms with van der Waals surface area (Å²) in [6, 6.07) is 8.18. The highest BCUT2D eigenvalue weighted by Gasteiger charge is 2.32. The van der Waals surface area contributed by atoms with Gasteiger partial charge in [0.1, 0.15) is 5.75 Å². The summed E-state index contributed by atoms with van der Waals surface area (Å²) >= 11 is 0. The van der Waals surface area contributed by atoms with Gasteiger partial charge < -0.3 is 10.1 Å². The highest BCUT2D eigenvalue weighted by atomic mass is 16.5. The van der Waals surface area contributed by atoms with Gasteiger partial charge in [-0.3, -0.25) is 4.79 Å². The maximum atomic E-state index is 11.3. The van der Waals surface area contributed by atoms with E-state index in [2.05, 4.69) is 31.3 Å².